The zero-order valence-electron chi connectivity index (χ0n) is 17.4. The van der Waals surface area contributed by atoms with Gasteiger partial charge in [-0.1, -0.05) is 54.6 Å². The van der Waals surface area contributed by atoms with Gasteiger partial charge in [-0.3, -0.25) is 14.5 Å². The topological polar surface area (TPSA) is 61.4 Å². The van der Waals surface area contributed by atoms with E-state index in [9.17, 15) is 9.59 Å². The fourth-order valence-corrected chi connectivity index (χ4v) is 4.73. The summed E-state index contributed by atoms with van der Waals surface area (Å²) in [5.74, 6) is -1.16. The number of thiophene rings is 1. The number of hydrogen-bond acceptors (Lipinski definition) is 4. The van der Waals surface area contributed by atoms with E-state index in [1.165, 1.54) is 16.7 Å². The molecule has 2 aromatic carbocycles. The first-order chi connectivity index (χ1) is 15.2. The van der Waals surface area contributed by atoms with Crippen LogP contribution in [0.5, 0.6) is 0 Å². The number of nitrogens with zero attached hydrogens (tertiary/aromatic N) is 1. The molecule has 0 saturated carbocycles. The maximum atomic E-state index is 12.4. The van der Waals surface area contributed by atoms with Crippen molar-refractivity contribution >= 4 is 23.2 Å². The molecule has 2 amide bonds. The highest BCUT2D eigenvalue weighted by Gasteiger charge is 2.26. The number of hydrogen-bond donors (Lipinski definition) is 2. The highest BCUT2D eigenvalue weighted by molar-refractivity contribution is 7.08. The summed E-state index contributed by atoms with van der Waals surface area (Å²) < 4.78 is 0. The van der Waals surface area contributed by atoms with Gasteiger partial charge in [0, 0.05) is 26.2 Å². The smallest absolute Gasteiger partial charge is 0.309 e. The second kappa shape index (κ2) is 10.4. The van der Waals surface area contributed by atoms with Crippen LogP contribution in [0.1, 0.15) is 28.3 Å². The minimum atomic E-state index is -0.580. The SMILES string of the molecule is O=C(NCCc1ccccc1)C(=O)NC[C@@H](c1ccsc1)N1CCc2ccccc2C1. The molecular formula is C25H27N3O2S. The number of amides is 2. The van der Waals surface area contributed by atoms with Gasteiger partial charge in [-0.2, -0.15) is 11.3 Å². The van der Waals surface area contributed by atoms with Crippen molar-refractivity contribution in [3.05, 3.63) is 93.7 Å². The lowest BCUT2D eigenvalue weighted by molar-refractivity contribution is -0.139. The van der Waals surface area contributed by atoms with Crippen molar-refractivity contribution < 1.29 is 9.59 Å². The Morgan fingerprint density at radius 2 is 1.68 bits per heavy atom. The third-order valence-corrected chi connectivity index (χ3v) is 6.43. The number of benzene rings is 2. The summed E-state index contributed by atoms with van der Waals surface area (Å²) in [5.41, 5.74) is 5.03. The maximum absolute atomic E-state index is 12.4. The van der Waals surface area contributed by atoms with Gasteiger partial charge in [-0.15, -0.1) is 0 Å². The fraction of sp³-hybridized carbons (Fsp3) is 0.280. The van der Waals surface area contributed by atoms with Gasteiger partial charge < -0.3 is 10.6 Å². The van der Waals surface area contributed by atoms with Crippen LogP contribution in [0.15, 0.2) is 71.4 Å². The molecule has 0 bridgehead atoms. The maximum Gasteiger partial charge on any atom is 0.309 e. The minimum Gasteiger partial charge on any atom is -0.348 e. The van der Waals surface area contributed by atoms with Gasteiger partial charge in [0.05, 0.1) is 6.04 Å². The van der Waals surface area contributed by atoms with Crippen molar-refractivity contribution in [1.82, 2.24) is 15.5 Å². The minimum absolute atomic E-state index is 0.0423. The van der Waals surface area contributed by atoms with Crippen LogP contribution in [0.4, 0.5) is 0 Å². The van der Waals surface area contributed by atoms with Crippen LogP contribution in [-0.4, -0.2) is 36.3 Å². The predicted octanol–water partition coefficient (Wildman–Crippen LogP) is 3.32. The summed E-state index contributed by atoms with van der Waals surface area (Å²) in [6, 6.07) is 20.6. The summed E-state index contributed by atoms with van der Waals surface area (Å²) in [6.07, 6.45) is 1.69. The van der Waals surface area contributed by atoms with E-state index in [2.05, 4.69) is 56.6 Å². The van der Waals surface area contributed by atoms with Crippen molar-refractivity contribution in [3.63, 3.8) is 0 Å². The van der Waals surface area contributed by atoms with E-state index >= 15 is 0 Å². The van der Waals surface area contributed by atoms with Crippen molar-refractivity contribution in [2.45, 2.75) is 25.4 Å². The van der Waals surface area contributed by atoms with E-state index in [4.69, 9.17) is 0 Å². The standard InChI is InChI=1S/C25H27N3O2S/c29-24(26-13-10-19-6-2-1-3-7-19)25(30)27-16-23(22-12-15-31-18-22)28-14-11-20-8-4-5-9-21(20)17-28/h1-9,12,15,18,23H,10-11,13-14,16-17H2,(H,26,29)(H,27,30)/t23-/m0/s1. The van der Waals surface area contributed by atoms with Crippen LogP contribution in [-0.2, 0) is 29.0 Å². The molecule has 31 heavy (non-hydrogen) atoms. The molecule has 1 aliphatic heterocycles. The van der Waals surface area contributed by atoms with Gasteiger partial charge in [0.25, 0.3) is 0 Å². The Morgan fingerprint density at radius 3 is 2.45 bits per heavy atom. The molecule has 2 N–H and O–H groups in total. The predicted molar refractivity (Wildman–Crippen MR) is 124 cm³/mol. The fourth-order valence-electron chi connectivity index (χ4n) is 4.02. The molecule has 0 aliphatic carbocycles. The molecule has 0 unspecified atom stereocenters. The molecule has 1 aliphatic rings. The number of rotatable bonds is 7. The van der Waals surface area contributed by atoms with Crippen LogP contribution in [0.2, 0.25) is 0 Å². The molecule has 5 nitrogen and oxygen atoms in total. The third kappa shape index (κ3) is 5.60. The first-order valence-corrected chi connectivity index (χ1v) is 11.6. The van der Waals surface area contributed by atoms with Gasteiger partial charge in [-0.05, 0) is 51.9 Å². The van der Waals surface area contributed by atoms with E-state index in [1.54, 1.807) is 11.3 Å². The number of carbonyl (C=O) groups is 2. The van der Waals surface area contributed by atoms with Crippen LogP contribution >= 0.6 is 11.3 Å². The van der Waals surface area contributed by atoms with Crippen molar-refractivity contribution in [2.24, 2.45) is 0 Å². The first-order valence-electron chi connectivity index (χ1n) is 10.6. The average Bonchev–Trinajstić information content (AvgIpc) is 3.34. The van der Waals surface area contributed by atoms with Gasteiger partial charge in [0.2, 0.25) is 0 Å². The number of nitrogens with one attached hydrogen (secondary N) is 2. The molecule has 6 heteroatoms. The van der Waals surface area contributed by atoms with E-state index in [-0.39, 0.29) is 6.04 Å². The molecule has 160 valence electrons. The number of carbonyl (C=O) groups excluding carboxylic acids is 2. The lowest BCUT2D eigenvalue weighted by Gasteiger charge is -2.35. The Morgan fingerprint density at radius 1 is 0.935 bits per heavy atom. The highest BCUT2D eigenvalue weighted by Crippen LogP contribution is 2.28. The van der Waals surface area contributed by atoms with Crippen LogP contribution in [0, 0.1) is 0 Å². The van der Waals surface area contributed by atoms with Crippen LogP contribution in [0.25, 0.3) is 0 Å². The molecule has 1 atom stereocenters. The Hall–Kier alpha value is -2.96. The number of fused-ring (bicyclic) bond motifs is 1. The lowest BCUT2D eigenvalue weighted by atomic mass is 9.97. The van der Waals surface area contributed by atoms with Crippen LogP contribution in [0.3, 0.4) is 0 Å². The van der Waals surface area contributed by atoms with Gasteiger partial charge in [-0.25, -0.2) is 0 Å². The summed E-state index contributed by atoms with van der Waals surface area (Å²) in [7, 11) is 0. The van der Waals surface area contributed by atoms with Crippen molar-refractivity contribution in [1.29, 1.82) is 0 Å². The van der Waals surface area contributed by atoms with Gasteiger partial charge >= 0.3 is 11.8 Å². The summed E-state index contributed by atoms with van der Waals surface area (Å²) in [4.78, 5) is 27.0. The highest BCUT2D eigenvalue weighted by atomic mass is 32.1. The second-order valence-corrected chi connectivity index (χ2v) is 8.54. The molecule has 1 aromatic heterocycles. The van der Waals surface area contributed by atoms with E-state index in [0.29, 0.717) is 19.5 Å². The molecule has 0 fully saturated rings. The molecule has 4 rings (SSSR count). The molecule has 0 radical (unpaired) electrons. The van der Waals surface area contributed by atoms with Gasteiger partial charge in [0.15, 0.2) is 0 Å². The summed E-state index contributed by atoms with van der Waals surface area (Å²) in [5, 5.41) is 9.75. The van der Waals surface area contributed by atoms with Gasteiger partial charge in [0.1, 0.15) is 0 Å². The quantitative estimate of drug-likeness (QED) is 0.562. The summed E-state index contributed by atoms with van der Waals surface area (Å²) in [6.45, 7) is 2.61. The zero-order valence-corrected chi connectivity index (χ0v) is 18.2. The van der Waals surface area contributed by atoms with Crippen molar-refractivity contribution in [3.8, 4) is 0 Å². The van der Waals surface area contributed by atoms with E-state index in [1.807, 2.05) is 30.3 Å². The zero-order chi connectivity index (χ0) is 21.5. The third-order valence-electron chi connectivity index (χ3n) is 5.73. The Balaban J connectivity index is 1.32. The lowest BCUT2D eigenvalue weighted by Crippen LogP contribution is -2.45. The summed E-state index contributed by atoms with van der Waals surface area (Å²) >= 11 is 1.65. The Labute approximate surface area is 187 Å². The Bertz CT molecular complexity index is 1000. The normalized spacial score (nSPS) is 14.5. The molecular weight excluding hydrogens is 406 g/mol. The first kappa shape index (κ1) is 21.3. The average molecular weight is 434 g/mol. The molecule has 0 spiro atoms. The van der Waals surface area contributed by atoms with Crippen LogP contribution < -0.4 is 10.6 Å². The van der Waals surface area contributed by atoms with E-state index < -0.39 is 11.8 Å². The largest absolute Gasteiger partial charge is 0.348 e. The van der Waals surface area contributed by atoms with E-state index in [0.717, 1.165) is 25.1 Å². The molecule has 0 saturated heterocycles. The monoisotopic (exact) mass is 433 g/mol. The molecule has 2 heterocycles. The Kier molecular flexibility index (Phi) is 7.12. The second-order valence-electron chi connectivity index (χ2n) is 7.76. The molecule has 3 aromatic rings. The van der Waals surface area contributed by atoms with Crippen molar-refractivity contribution in [2.75, 3.05) is 19.6 Å².